The normalized spacial score (nSPS) is 14.6. The van der Waals surface area contributed by atoms with E-state index in [0.29, 0.717) is 18.0 Å². The van der Waals surface area contributed by atoms with Crippen LogP contribution < -0.4 is 5.73 Å². The number of rotatable bonds is 5. The number of nitrogens with zero attached hydrogens (tertiary/aromatic N) is 1. The van der Waals surface area contributed by atoms with E-state index in [0.717, 1.165) is 0 Å². The Bertz CT molecular complexity index is 177. The van der Waals surface area contributed by atoms with Gasteiger partial charge >= 0.3 is 0 Å². The number of aliphatic hydroxyl groups is 1. The molecule has 0 spiro atoms. The van der Waals surface area contributed by atoms with Gasteiger partial charge in [-0.3, -0.25) is 0 Å². The van der Waals surface area contributed by atoms with Crippen LogP contribution in [0.2, 0.25) is 0 Å². The van der Waals surface area contributed by atoms with Crippen molar-refractivity contribution in [2.24, 2.45) is 5.73 Å². The molecule has 0 saturated carbocycles. The molecule has 3 nitrogen and oxygen atoms in total. The Kier molecular flexibility index (Phi) is 4.81. The Labute approximate surface area is 85.9 Å². The summed E-state index contributed by atoms with van der Waals surface area (Å²) >= 11 is 4.82. The summed E-state index contributed by atoms with van der Waals surface area (Å²) in [6.07, 6.45) is 0.696. The van der Waals surface area contributed by atoms with Crippen molar-refractivity contribution in [2.75, 3.05) is 13.6 Å². The van der Waals surface area contributed by atoms with Gasteiger partial charge in [0, 0.05) is 19.0 Å². The van der Waals surface area contributed by atoms with Gasteiger partial charge in [0.05, 0.1) is 10.6 Å². The number of nitrogens with two attached hydrogens (primary N) is 1. The highest BCUT2D eigenvalue weighted by atomic mass is 32.1. The molecule has 0 aliphatic carbocycles. The minimum Gasteiger partial charge on any atom is -0.393 e. The molecule has 0 radical (unpaired) electrons. The Hall–Kier alpha value is -0.190. The molecular weight excluding hydrogens is 184 g/mol. The predicted octanol–water partition coefficient (Wildman–Crippen LogP) is 0.754. The second-order valence-electron chi connectivity index (χ2n) is 4.25. The third-order valence-electron chi connectivity index (χ3n) is 1.89. The summed E-state index contributed by atoms with van der Waals surface area (Å²) in [7, 11) is 1.96. The highest BCUT2D eigenvalue weighted by Gasteiger charge is 2.19. The minimum absolute atomic E-state index is 0.281. The van der Waals surface area contributed by atoms with Crippen LogP contribution in [0.1, 0.15) is 27.2 Å². The van der Waals surface area contributed by atoms with Gasteiger partial charge in [0.15, 0.2) is 0 Å². The smallest absolute Gasteiger partial charge is 0.0742 e. The maximum absolute atomic E-state index is 9.57. The van der Waals surface area contributed by atoms with Crippen molar-refractivity contribution >= 4 is 17.2 Å². The van der Waals surface area contributed by atoms with Gasteiger partial charge in [-0.25, -0.2) is 0 Å². The molecule has 3 N–H and O–H groups in total. The van der Waals surface area contributed by atoms with Gasteiger partial charge in [-0.05, 0) is 27.8 Å². The lowest BCUT2D eigenvalue weighted by Crippen LogP contribution is -2.42. The zero-order chi connectivity index (χ0) is 10.6. The van der Waals surface area contributed by atoms with E-state index in [9.17, 15) is 5.11 Å². The molecule has 78 valence electrons. The first kappa shape index (κ1) is 12.8. The standard InChI is InChI=1S/C9H20N2OS/c1-7(5-8(10)13)11(4)6-9(2,3)12/h7,12H,5-6H2,1-4H3,(H2,10,13). The van der Waals surface area contributed by atoms with E-state index >= 15 is 0 Å². The van der Waals surface area contributed by atoms with Crippen LogP contribution in [0.25, 0.3) is 0 Å². The van der Waals surface area contributed by atoms with Gasteiger partial charge in [-0.2, -0.15) is 0 Å². The number of likely N-dealkylation sites (N-methyl/N-ethyl adjacent to an activating group) is 1. The van der Waals surface area contributed by atoms with Gasteiger partial charge in [0.1, 0.15) is 0 Å². The number of hydrogen-bond acceptors (Lipinski definition) is 3. The summed E-state index contributed by atoms with van der Waals surface area (Å²) < 4.78 is 0. The van der Waals surface area contributed by atoms with Crippen LogP contribution in [0, 0.1) is 0 Å². The van der Waals surface area contributed by atoms with Crippen LogP contribution in [-0.2, 0) is 0 Å². The molecule has 13 heavy (non-hydrogen) atoms. The lowest BCUT2D eigenvalue weighted by Gasteiger charge is -2.30. The van der Waals surface area contributed by atoms with Crippen molar-refractivity contribution in [3.8, 4) is 0 Å². The van der Waals surface area contributed by atoms with E-state index in [1.807, 2.05) is 14.0 Å². The third-order valence-corrected chi connectivity index (χ3v) is 2.05. The first-order valence-corrected chi connectivity index (χ1v) is 4.84. The SMILES string of the molecule is CC(CC(N)=S)N(C)CC(C)(C)O. The van der Waals surface area contributed by atoms with E-state index in [-0.39, 0.29) is 6.04 Å². The molecular formula is C9H20N2OS. The van der Waals surface area contributed by atoms with Crippen molar-refractivity contribution < 1.29 is 5.11 Å². The molecule has 0 bridgehead atoms. The fourth-order valence-electron chi connectivity index (χ4n) is 1.21. The molecule has 0 heterocycles. The summed E-state index contributed by atoms with van der Waals surface area (Å²) in [6, 6.07) is 0.281. The van der Waals surface area contributed by atoms with Crippen LogP contribution in [0.5, 0.6) is 0 Å². The largest absolute Gasteiger partial charge is 0.393 e. The van der Waals surface area contributed by atoms with Crippen molar-refractivity contribution in [2.45, 2.75) is 38.8 Å². The lowest BCUT2D eigenvalue weighted by molar-refractivity contribution is 0.0345. The number of thiocarbonyl (C=S) groups is 1. The molecule has 0 aliphatic heterocycles. The van der Waals surface area contributed by atoms with Gasteiger partial charge in [0.25, 0.3) is 0 Å². The second-order valence-corrected chi connectivity index (χ2v) is 4.77. The topological polar surface area (TPSA) is 49.5 Å². The van der Waals surface area contributed by atoms with Gasteiger partial charge < -0.3 is 15.7 Å². The van der Waals surface area contributed by atoms with E-state index < -0.39 is 5.60 Å². The predicted molar refractivity (Wildman–Crippen MR) is 59.8 cm³/mol. The molecule has 0 rings (SSSR count). The van der Waals surface area contributed by atoms with Crippen molar-refractivity contribution in [1.82, 2.24) is 4.90 Å². The maximum Gasteiger partial charge on any atom is 0.0742 e. The highest BCUT2D eigenvalue weighted by Crippen LogP contribution is 2.08. The Morgan fingerprint density at radius 3 is 2.38 bits per heavy atom. The molecule has 0 fully saturated rings. The van der Waals surface area contributed by atoms with Gasteiger partial charge in [-0.15, -0.1) is 0 Å². The summed E-state index contributed by atoms with van der Waals surface area (Å²) in [4.78, 5) is 2.58. The average molecular weight is 204 g/mol. The monoisotopic (exact) mass is 204 g/mol. The van der Waals surface area contributed by atoms with Gasteiger partial charge in [-0.1, -0.05) is 12.2 Å². The van der Waals surface area contributed by atoms with E-state index in [2.05, 4.69) is 4.90 Å². The van der Waals surface area contributed by atoms with Crippen molar-refractivity contribution in [1.29, 1.82) is 0 Å². The maximum atomic E-state index is 9.57. The first-order valence-electron chi connectivity index (χ1n) is 4.43. The summed E-state index contributed by atoms with van der Waals surface area (Å²) in [5, 5.41) is 9.57. The van der Waals surface area contributed by atoms with E-state index in [4.69, 9.17) is 18.0 Å². The van der Waals surface area contributed by atoms with Gasteiger partial charge in [0.2, 0.25) is 0 Å². The fourth-order valence-corrected chi connectivity index (χ4v) is 1.45. The molecule has 1 unspecified atom stereocenters. The molecule has 0 saturated heterocycles. The van der Waals surface area contributed by atoms with Crippen LogP contribution in [0.4, 0.5) is 0 Å². The van der Waals surface area contributed by atoms with Crippen molar-refractivity contribution in [3.63, 3.8) is 0 Å². The third kappa shape index (κ3) is 6.93. The number of hydrogen-bond donors (Lipinski definition) is 2. The zero-order valence-corrected chi connectivity index (χ0v) is 9.69. The average Bonchev–Trinajstić information content (AvgIpc) is 1.81. The van der Waals surface area contributed by atoms with Crippen LogP contribution >= 0.6 is 12.2 Å². The highest BCUT2D eigenvalue weighted by molar-refractivity contribution is 7.80. The zero-order valence-electron chi connectivity index (χ0n) is 8.87. The molecule has 0 aromatic rings. The Balaban J connectivity index is 3.96. The molecule has 1 atom stereocenters. The van der Waals surface area contributed by atoms with E-state index in [1.165, 1.54) is 0 Å². The minimum atomic E-state index is -0.667. The molecule has 0 aromatic heterocycles. The molecule has 0 aromatic carbocycles. The molecule has 0 amide bonds. The van der Waals surface area contributed by atoms with E-state index in [1.54, 1.807) is 13.8 Å². The van der Waals surface area contributed by atoms with Crippen LogP contribution in [-0.4, -0.2) is 40.2 Å². The lowest BCUT2D eigenvalue weighted by atomic mass is 10.1. The van der Waals surface area contributed by atoms with Crippen LogP contribution in [0.15, 0.2) is 0 Å². The Morgan fingerprint density at radius 2 is 2.08 bits per heavy atom. The summed E-state index contributed by atoms with van der Waals surface area (Å²) in [5.74, 6) is 0. The fraction of sp³-hybridized carbons (Fsp3) is 0.889. The quantitative estimate of drug-likeness (QED) is 0.649. The summed E-state index contributed by atoms with van der Waals surface area (Å²) in [6.45, 7) is 6.25. The summed E-state index contributed by atoms with van der Waals surface area (Å²) in [5.41, 5.74) is 4.77. The first-order chi connectivity index (χ1) is 5.72. The van der Waals surface area contributed by atoms with Crippen molar-refractivity contribution in [3.05, 3.63) is 0 Å². The van der Waals surface area contributed by atoms with Crippen LogP contribution in [0.3, 0.4) is 0 Å². The second kappa shape index (κ2) is 4.88. The Morgan fingerprint density at radius 1 is 1.62 bits per heavy atom. The molecule has 0 aliphatic rings. The molecule has 4 heteroatoms.